The molecule has 0 aliphatic carbocycles. The van der Waals surface area contributed by atoms with Gasteiger partial charge in [-0.1, -0.05) is 49.4 Å². The fraction of sp³-hybridized carbons (Fsp3) is 0.389. The highest BCUT2D eigenvalue weighted by molar-refractivity contribution is 5.85. The van der Waals surface area contributed by atoms with Crippen molar-refractivity contribution in [2.45, 2.75) is 19.4 Å². The summed E-state index contributed by atoms with van der Waals surface area (Å²) < 4.78 is 0. The smallest absolute Gasteiger partial charge is 0.317 e. The summed E-state index contributed by atoms with van der Waals surface area (Å²) in [5.74, 6) is 0.362. The number of carbonyl (C=O) groups excluding carboxylic acids is 1. The van der Waals surface area contributed by atoms with Crippen LogP contribution < -0.4 is 5.32 Å². The Balaban J connectivity index is 1.57. The molecule has 1 aliphatic rings. The first-order valence-electron chi connectivity index (χ1n) is 7.81. The largest absolute Gasteiger partial charge is 0.389 e. The molecule has 2 aromatic carbocycles. The van der Waals surface area contributed by atoms with Gasteiger partial charge in [0.1, 0.15) is 0 Å². The molecule has 1 atom stereocenters. The molecule has 0 bridgehead atoms. The molecule has 3 rings (SSSR count). The lowest BCUT2D eigenvalue weighted by Crippen LogP contribution is -2.57. The van der Waals surface area contributed by atoms with Crippen LogP contribution in [0.3, 0.4) is 0 Å². The van der Waals surface area contributed by atoms with Crippen LogP contribution in [0, 0.1) is 5.92 Å². The Hall–Kier alpha value is -2.07. The lowest BCUT2D eigenvalue weighted by atomic mass is 9.96. The second kappa shape index (κ2) is 6.36. The number of aliphatic hydroxyl groups excluding tert-OH is 1. The summed E-state index contributed by atoms with van der Waals surface area (Å²) in [5.41, 5.74) is 1.32. The minimum atomic E-state index is -0.348. The van der Waals surface area contributed by atoms with E-state index in [-0.39, 0.29) is 12.1 Å². The molecule has 2 aromatic rings. The third-order valence-corrected chi connectivity index (χ3v) is 4.20. The monoisotopic (exact) mass is 298 g/mol. The Morgan fingerprint density at radius 3 is 2.77 bits per heavy atom. The number of hydrogen-bond donors (Lipinski definition) is 2. The van der Waals surface area contributed by atoms with Gasteiger partial charge >= 0.3 is 6.03 Å². The first-order chi connectivity index (χ1) is 10.6. The van der Waals surface area contributed by atoms with E-state index in [0.717, 1.165) is 6.42 Å². The van der Waals surface area contributed by atoms with E-state index in [1.807, 2.05) is 0 Å². The second-order valence-corrected chi connectivity index (χ2v) is 6.19. The number of nitrogens with zero attached hydrogens (tertiary/aromatic N) is 1. The van der Waals surface area contributed by atoms with Crippen molar-refractivity contribution in [2.75, 3.05) is 19.6 Å². The molecule has 0 radical (unpaired) electrons. The highest BCUT2D eigenvalue weighted by Crippen LogP contribution is 2.21. The lowest BCUT2D eigenvalue weighted by Gasteiger charge is -2.35. The third kappa shape index (κ3) is 3.22. The first-order valence-corrected chi connectivity index (χ1v) is 7.81. The van der Waals surface area contributed by atoms with E-state index in [2.05, 4.69) is 54.7 Å². The minimum Gasteiger partial charge on any atom is -0.389 e. The normalized spacial score (nSPS) is 16.4. The Morgan fingerprint density at radius 1 is 1.27 bits per heavy atom. The van der Waals surface area contributed by atoms with Gasteiger partial charge in [-0.15, -0.1) is 0 Å². The van der Waals surface area contributed by atoms with Crippen molar-refractivity contribution in [3.63, 3.8) is 0 Å². The average Bonchev–Trinajstić information content (AvgIpc) is 2.50. The summed E-state index contributed by atoms with van der Waals surface area (Å²) in [4.78, 5) is 13.5. The maximum absolute atomic E-state index is 11.8. The van der Waals surface area contributed by atoms with Crippen molar-refractivity contribution in [1.29, 1.82) is 0 Å². The fourth-order valence-electron chi connectivity index (χ4n) is 2.91. The van der Waals surface area contributed by atoms with Gasteiger partial charge in [-0.3, -0.25) is 0 Å². The molecule has 1 saturated heterocycles. The Kier molecular flexibility index (Phi) is 4.29. The highest BCUT2D eigenvalue weighted by atomic mass is 16.3. The van der Waals surface area contributed by atoms with Gasteiger partial charge in [-0.25, -0.2) is 4.79 Å². The van der Waals surface area contributed by atoms with E-state index in [9.17, 15) is 9.90 Å². The van der Waals surface area contributed by atoms with Gasteiger partial charge in [-0.2, -0.15) is 0 Å². The molecule has 116 valence electrons. The predicted octanol–water partition coefficient (Wildman–Crippen LogP) is 2.40. The summed E-state index contributed by atoms with van der Waals surface area (Å²) >= 11 is 0. The van der Waals surface area contributed by atoms with E-state index in [0.29, 0.717) is 25.6 Å². The Morgan fingerprint density at radius 2 is 2.00 bits per heavy atom. The van der Waals surface area contributed by atoms with Crippen LogP contribution in [-0.2, 0) is 6.42 Å². The molecule has 4 nitrogen and oxygen atoms in total. The molecule has 2 N–H and O–H groups in total. The fourth-order valence-corrected chi connectivity index (χ4v) is 2.91. The molecule has 4 heteroatoms. The maximum atomic E-state index is 11.8. The molecule has 1 fully saturated rings. The summed E-state index contributed by atoms with van der Waals surface area (Å²) in [6, 6.07) is 14.7. The van der Waals surface area contributed by atoms with Crippen molar-refractivity contribution in [1.82, 2.24) is 10.2 Å². The van der Waals surface area contributed by atoms with E-state index >= 15 is 0 Å². The van der Waals surface area contributed by atoms with Gasteiger partial charge in [0.05, 0.1) is 19.2 Å². The van der Waals surface area contributed by atoms with Crippen LogP contribution in [0.5, 0.6) is 0 Å². The number of nitrogens with one attached hydrogen (secondary N) is 1. The number of urea groups is 1. The summed E-state index contributed by atoms with van der Waals surface area (Å²) in [7, 11) is 0. The summed E-state index contributed by atoms with van der Waals surface area (Å²) in [6.07, 6.45) is 0.586. The topological polar surface area (TPSA) is 52.6 Å². The van der Waals surface area contributed by atoms with E-state index in [1.54, 1.807) is 4.90 Å². The van der Waals surface area contributed by atoms with Gasteiger partial charge in [0.2, 0.25) is 0 Å². The van der Waals surface area contributed by atoms with Gasteiger partial charge < -0.3 is 15.3 Å². The molecule has 2 amide bonds. The molecule has 0 spiro atoms. The quantitative estimate of drug-likeness (QED) is 0.910. The predicted molar refractivity (Wildman–Crippen MR) is 87.8 cm³/mol. The minimum absolute atomic E-state index is 0.0740. The van der Waals surface area contributed by atoms with Crippen LogP contribution >= 0.6 is 0 Å². The van der Waals surface area contributed by atoms with E-state index in [1.165, 1.54) is 16.3 Å². The van der Waals surface area contributed by atoms with Crippen molar-refractivity contribution >= 4 is 16.8 Å². The number of benzene rings is 2. The van der Waals surface area contributed by atoms with Crippen LogP contribution in [0.1, 0.15) is 12.5 Å². The molecule has 1 heterocycles. The van der Waals surface area contributed by atoms with Crippen molar-refractivity contribution < 1.29 is 9.90 Å². The standard InChI is InChI=1S/C18H22N2O2/c1-13(10-19-18(22)20-11-16(21)12-20)9-15-7-4-6-14-5-2-3-8-17(14)15/h2-8,13,16,21H,9-12H2,1H3,(H,19,22)/t13-/m1/s1. The second-order valence-electron chi connectivity index (χ2n) is 6.19. The lowest BCUT2D eigenvalue weighted by molar-refractivity contribution is 0.0264. The molecule has 0 saturated carbocycles. The highest BCUT2D eigenvalue weighted by Gasteiger charge is 2.28. The van der Waals surface area contributed by atoms with Gasteiger partial charge in [-0.05, 0) is 28.7 Å². The van der Waals surface area contributed by atoms with Crippen LogP contribution in [0.25, 0.3) is 10.8 Å². The SMILES string of the molecule is C[C@@H](CNC(=O)N1CC(O)C1)Cc1cccc2ccccc12. The maximum Gasteiger partial charge on any atom is 0.317 e. The van der Waals surface area contributed by atoms with Crippen molar-refractivity contribution in [3.8, 4) is 0 Å². The third-order valence-electron chi connectivity index (χ3n) is 4.20. The number of fused-ring (bicyclic) bond motifs is 1. The van der Waals surface area contributed by atoms with E-state index in [4.69, 9.17) is 0 Å². The number of carbonyl (C=O) groups is 1. The summed E-state index contributed by atoms with van der Waals surface area (Å²) in [5, 5.41) is 14.7. The van der Waals surface area contributed by atoms with Crippen molar-refractivity contribution in [3.05, 3.63) is 48.0 Å². The van der Waals surface area contributed by atoms with Gasteiger partial charge in [0.15, 0.2) is 0 Å². The molecule has 0 unspecified atom stereocenters. The number of β-amino-alcohol motifs (C(OH)–C–C–N with tert-alkyl or cyclic N) is 1. The van der Waals surface area contributed by atoms with Crippen LogP contribution in [0.2, 0.25) is 0 Å². The van der Waals surface area contributed by atoms with Crippen LogP contribution in [0.15, 0.2) is 42.5 Å². The molecule has 0 aromatic heterocycles. The Labute approximate surface area is 130 Å². The molecule has 1 aliphatic heterocycles. The number of rotatable bonds is 4. The van der Waals surface area contributed by atoms with Crippen molar-refractivity contribution in [2.24, 2.45) is 5.92 Å². The molecule has 22 heavy (non-hydrogen) atoms. The Bertz CT molecular complexity index is 660. The number of aliphatic hydroxyl groups is 1. The number of hydrogen-bond acceptors (Lipinski definition) is 2. The number of likely N-dealkylation sites (tertiary alicyclic amines) is 1. The number of amides is 2. The first kappa shape index (κ1) is 14.9. The van der Waals surface area contributed by atoms with Gasteiger partial charge in [0, 0.05) is 6.54 Å². The van der Waals surface area contributed by atoms with Gasteiger partial charge in [0.25, 0.3) is 0 Å². The summed E-state index contributed by atoms with van der Waals surface area (Å²) in [6.45, 7) is 3.69. The zero-order valence-electron chi connectivity index (χ0n) is 12.8. The van der Waals surface area contributed by atoms with Crippen LogP contribution in [0.4, 0.5) is 4.79 Å². The molecular weight excluding hydrogens is 276 g/mol. The average molecular weight is 298 g/mol. The zero-order valence-corrected chi connectivity index (χ0v) is 12.8. The van der Waals surface area contributed by atoms with E-state index < -0.39 is 0 Å². The zero-order chi connectivity index (χ0) is 15.5. The molecular formula is C18H22N2O2. The van der Waals surface area contributed by atoms with Crippen LogP contribution in [-0.4, -0.2) is 41.8 Å².